The molecule has 0 aliphatic carbocycles. The summed E-state index contributed by atoms with van der Waals surface area (Å²) in [4.78, 5) is 10.1. The Balaban J connectivity index is 3.19. The lowest BCUT2D eigenvalue weighted by atomic mass is 10.0. The molecular formula is C9H9BrNO2. The zero-order valence-electron chi connectivity index (χ0n) is 7.16. The number of rotatable bonds is 2. The van der Waals surface area contributed by atoms with E-state index in [2.05, 4.69) is 22.9 Å². The number of non-ortho nitro benzene ring substituents is 1. The van der Waals surface area contributed by atoms with Gasteiger partial charge < -0.3 is 0 Å². The standard InChI is InChI=1S/C9H9BrNO2/c1-6(2)8-5-7(11(12)13)3-4-9(8)10/h3-6H,1H2,2H3. The average molecular weight is 243 g/mol. The molecule has 0 amide bonds. The van der Waals surface area contributed by atoms with Gasteiger partial charge in [-0.3, -0.25) is 10.1 Å². The number of hydrogen-bond acceptors (Lipinski definition) is 2. The molecule has 0 saturated heterocycles. The average Bonchev–Trinajstić information content (AvgIpc) is 2.04. The third-order valence-electron chi connectivity index (χ3n) is 1.72. The fraction of sp³-hybridized carbons (Fsp3) is 0.222. The summed E-state index contributed by atoms with van der Waals surface area (Å²) in [5.74, 6) is 0.0364. The molecule has 0 aromatic heterocycles. The molecule has 0 spiro atoms. The summed E-state index contributed by atoms with van der Waals surface area (Å²) in [6.45, 7) is 5.71. The predicted molar refractivity (Wildman–Crippen MR) is 54.6 cm³/mol. The highest BCUT2D eigenvalue weighted by atomic mass is 79.9. The molecule has 1 atom stereocenters. The van der Waals surface area contributed by atoms with E-state index in [9.17, 15) is 10.1 Å². The first-order chi connectivity index (χ1) is 6.02. The Morgan fingerprint density at radius 1 is 1.62 bits per heavy atom. The van der Waals surface area contributed by atoms with Crippen LogP contribution in [0, 0.1) is 17.0 Å². The van der Waals surface area contributed by atoms with Gasteiger partial charge in [-0.05, 0) is 24.5 Å². The number of halogens is 1. The topological polar surface area (TPSA) is 43.1 Å². The third kappa shape index (κ3) is 2.28. The van der Waals surface area contributed by atoms with E-state index >= 15 is 0 Å². The fourth-order valence-electron chi connectivity index (χ4n) is 1.02. The summed E-state index contributed by atoms with van der Waals surface area (Å²) < 4.78 is 0.862. The van der Waals surface area contributed by atoms with E-state index in [0.29, 0.717) is 0 Å². The van der Waals surface area contributed by atoms with Gasteiger partial charge in [0.05, 0.1) is 4.92 Å². The van der Waals surface area contributed by atoms with Crippen molar-refractivity contribution in [1.29, 1.82) is 0 Å². The smallest absolute Gasteiger partial charge is 0.258 e. The molecule has 0 heterocycles. The number of benzene rings is 1. The molecular weight excluding hydrogens is 234 g/mol. The van der Waals surface area contributed by atoms with E-state index in [-0.39, 0.29) is 11.6 Å². The summed E-state index contributed by atoms with van der Waals surface area (Å²) in [6.07, 6.45) is 0. The van der Waals surface area contributed by atoms with Gasteiger partial charge in [0.2, 0.25) is 0 Å². The maximum Gasteiger partial charge on any atom is 0.269 e. The summed E-state index contributed by atoms with van der Waals surface area (Å²) in [6, 6.07) is 4.69. The third-order valence-corrected chi connectivity index (χ3v) is 2.44. The van der Waals surface area contributed by atoms with Gasteiger partial charge in [0.1, 0.15) is 0 Å². The van der Waals surface area contributed by atoms with Crippen LogP contribution in [-0.2, 0) is 0 Å². The highest BCUT2D eigenvalue weighted by Crippen LogP contribution is 2.27. The number of nitrogens with zero attached hydrogens (tertiary/aromatic N) is 1. The molecule has 1 rings (SSSR count). The van der Waals surface area contributed by atoms with Gasteiger partial charge in [0.15, 0.2) is 0 Å². The molecule has 0 bridgehead atoms. The van der Waals surface area contributed by atoms with E-state index in [1.807, 2.05) is 6.92 Å². The Kier molecular flexibility index (Phi) is 3.03. The van der Waals surface area contributed by atoms with Crippen molar-refractivity contribution in [2.45, 2.75) is 12.8 Å². The van der Waals surface area contributed by atoms with Crippen molar-refractivity contribution in [1.82, 2.24) is 0 Å². The van der Waals surface area contributed by atoms with Crippen LogP contribution in [-0.4, -0.2) is 4.92 Å². The van der Waals surface area contributed by atoms with Crippen LogP contribution in [0.4, 0.5) is 5.69 Å². The molecule has 3 nitrogen and oxygen atoms in total. The van der Waals surface area contributed by atoms with E-state index in [4.69, 9.17) is 0 Å². The van der Waals surface area contributed by atoms with Crippen LogP contribution in [0.2, 0.25) is 0 Å². The molecule has 0 fully saturated rings. The van der Waals surface area contributed by atoms with Crippen LogP contribution in [0.15, 0.2) is 22.7 Å². The number of nitro groups is 1. The fourth-order valence-corrected chi connectivity index (χ4v) is 1.66. The Morgan fingerprint density at radius 3 is 2.69 bits per heavy atom. The van der Waals surface area contributed by atoms with Gasteiger partial charge in [-0.1, -0.05) is 22.9 Å². The highest BCUT2D eigenvalue weighted by molar-refractivity contribution is 9.10. The quantitative estimate of drug-likeness (QED) is 0.590. The molecule has 4 heteroatoms. The Labute approximate surface area is 85.0 Å². The summed E-state index contributed by atoms with van der Waals surface area (Å²) >= 11 is 3.32. The van der Waals surface area contributed by atoms with E-state index in [1.165, 1.54) is 6.07 Å². The second kappa shape index (κ2) is 3.87. The molecule has 69 valence electrons. The minimum absolute atomic E-state index is 0.0364. The predicted octanol–water partition coefficient (Wildman–Crippen LogP) is 3.29. The van der Waals surface area contributed by atoms with Crippen molar-refractivity contribution in [2.24, 2.45) is 0 Å². The summed E-state index contributed by atoms with van der Waals surface area (Å²) in [7, 11) is 0. The van der Waals surface area contributed by atoms with Crippen molar-refractivity contribution in [3.8, 4) is 0 Å². The lowest BCUT2D eigenvalue weighted by molar-refractivity contribution is -0.384. The number of nitro benzene ring substituents is 1. The normalized spacial score (nSPS) is 10.5. The minimum atomic E-state index is -0.404. The zero-order valence-corrected chi connectivity index (χ0v) is 8.74. The monoisotopic (exact) mass is 242 g/mol. The second-order valence-electron chi connectivity index (χ2n) is 2.86. The molecule has 0 aliphatic rings. The van der Waals surface area contributed by atoms with Crippen molar-refractivity contribution >= 4 is 21.6 Å². The Bertz CT molecular complexity index is 336. The molecule has 1 unspecified atom stereocenters. The highest BCUT2D eigenvalue weighted by Gasteiger charge is 2.11. The molecule has 0 N–H and O–H groups in total. The first-order valence-corrected chi connectivity index (χ1v) is 4.58. The van der Waals surface area contributed by atoms with Gasteiger partial charge in [0, 0.05) is 16.6 Å². The molecule has 0 saturated carbocycles. The minimum Gasteiger partial charge on any atom is -0.258 e. The van der Waals surface area contributed by atoms with Gasteiger partial charge in [0.25, 0.3) is 5.69 Å². The van der Waals surface area contributed by atoms with Crippen LogP contribution >= 0.6 is 15.9 Å². The Hall–Kier alpha value is -0.900. The van der Waals surface area contributed by atoms with Crippen LogP contribution in [0.25, 0.3) is 0 Å². The van der Waals surface area contributed by atoms with Crippen LogP contribution < -0.4 is 0 Å². The number of hydrogen-bond donors (Lipinski definition) is 0. The van der Waals surface area contributed by atoms with Crippen LogP contribution in [0.5, 0.6) is 0 Å². The van der Waals surface area contributed by atoms with Crippen molar-refractivity contribution in [2.75, 3.05) is 0 Å². The SMILES string of the molecule is [CH2]C(C)c1cc([N+](=O)[O-])ccc1Br. The second-order valence-corrected chi connectivity index (χ2v) is 3.72. The lowest BCUT2D eigenvalue weighted by Crippen LogP contribution is -1.93. The first kappa shape index (κ1) is 10.2. The first-order valence-electron chi connectivity index (χ1n) is 3.79. The molecule has 1 radical (unpaired) electrons. The largest absolute Gasteiger partial charge is 0.269 e. The van der Waals surface area contributed by atoms with Crippen molar-refractivity contribution < 1.29 is 4.92 Å². The van der Waals surface area contributed by atoms with Gasteiger partial charge in [-0.25, -0.2) is 0 Å². The lowest BCUT2D eigenvalue weighted by Gasteiger charge is -2.06. The van der Waals surface area contributed by atoms with Crippen molar-refractivity contribution in [3.05, 3.63) is 45.3 Å². The van der Waals surface area contributed by atoms with Crippen molar-refractivity contribution in [3.63, 3.8) is 0 Å². The maximum absolute atomic E-state index is 10.5. The summed E-state index contributed by atoms with van der Waals surface area (Å²) in [5.41, 5.74) is 0.961. The maximum atomic E-state index is 10.5. The van der Waals surface area contributed by atoms with E-state index < -0.39 is 4.92 Å². The van der Waals surface area contributed by atoms with Crippen LogP contribution in [0.3, 0.4) is 0 Å². The van der Waals surface area contributed by atoms with Gasteiger partial charge >= 0.3 is 0 Å². The van der Waals surface area contributed by atoms with Gasteiger partial charge in [-0.2, -0.15) is 0 Å². The molecule has 0 aliphatic heterocycles. The molecule has 1 aromatic rings. The zero-order chi connectivity index (χ0) is 10.0. The summed E-state index contributed by atoms with van der Waals surface area (Å²) in [5, 5.41) is 10.5. The Morgan fingerprint density at radius 2 is 2.23 bits per heavy atom. The van der Waals surface area contributed by atoms with Crippen LogP contribution in [0.1, 0.15) is 18.4 Å². The van der Waals surface area contributed by atoms with E-state index in [1.54, 1.807) is 12.1 Å². The van der Waals surface area contributed by atoms with E-state index in [0.717, 1.165) is 10.0 Å². The molecule has 13 heavy (non-hydrogen) atoms. The van der Waals surface area contributed by atoms with Gasteiger partial charge in [-0.15, -0.1) is 0 Å². The molecule has 1 aromatic carbocycles.